The maximum absolute atomic E-state index is 3.48. The van der Waals surface area contributed by atoms with E-state index in [0.29, 0.717) is 8.58 Å². The third-order valence-electron chi connectivity index (χ3n) is 3.33. The molecule has 0 aliphatic rings. The Morgan fingerprint density at radius 2 is 1.10 bits per heavy atom. The number of nitrogens with one attached hydrogen (secondary N) is 2. The third-order valence-corrected chi connectivity index (χ3v) is 4.41. The number of aromatic nitrogens is 2. The zero-order chi connectivity index (χ0) is 12.7. The number of rotatable bonds is 2. The van der Waals surface area contributed by atoms with Crippen LogP contribution in [0.15, 0.2) is 60.7 Å². The molecule has 0 unspecified atom stereocenters. The lowest BCUT2D eigenvalue weighted by atomic mass is 10.3. The monoisotopic (exact) mass is 300 g/mol. The second kappa shape index (κ2) is 5.32. The third kappa shape index (κ3) is 2.33. The van der Waals surface area contributed by atoms with E-state index in [1.165, 1.54) is 32.7 Å². The number of fused-ring (bicyclic) bond motifs is 2. The molecular weight excluding hydrogens is 287 g/mol. The summed E-state index contributed by atoms with van der Waals surface area (Å²) in [5.41, 5.74) is 4.96. The summed E-state index contributed by atoms with van der Waals surface area (Å²) in [7, 11) is 0.632. The van der Waals surface area contributed by atoms with Gasteiger partial charge in [-0.3, -0.25) is 0 Å². The van der Waals surface area contributed by atoms with Gasteiger partial charge in [0.2, 0.25) is 0 Å². The molecule has 0 bridgehead atoms. The van der Waals surface area contributed by atoms with Crippen molar-refractivity contribution in [1.29, 1.82) is 0 Å². The molecule has 20 heavy (non-hydrogen) atoms. The van der Waals surface area contributed by atoms with Crippen molar-refractivity contribution in [2.75, 3.05) is 0 Å². The summed E-state index contributed by atoms with van der Waals surface area (Å²) < 4.78 is 0. The van der Waals surface area contributed by atoms with Crippen LogP contribution in [0, 0.1) is 0 Å². The molecule has 0 radical (unpaired) electrons. The van der Waals surface area contributed by atoms with Crippen molar-refractivity contribution in [2.45, 2.75) is 0 Å². The fourth-order valence-electron chi connectivity index (χ4n) is 2.43. The molecule has 4 heteroatoms. The number of hydrogen-bond acceptors (Lipinski definition) is 0. The molecule has 100 valence electrons. The molecule has 2 heterocycles. The molecule has 0 aliphatic carbocycles. The van der Waals surface area contributed by atoms with Gasteiger partial charge in [-0.2, -0.15) is 0 Å². The van der Waals surface area contributed by atoms with Gasteiger partial charge in [0.15, 0.2) is 0 Å². The maximum Gasteiger partial charge on any atom is 0.0458 e. The molecule has 0 aliphatic heterocycles. The van der Waals surface area contributed by atoms with E-state index in [4.69, 9.17) is 0 Å². The molecule has 2 N–H and O–H groups in total. The first-order chi connectivity index (χ1) is 9.38. The zero-order valence-corrected chi connectivity index (χ0v) is 12.5. The van der Waals surface area contributed by atoms with E-state index in [-0.39, 0.29) is 12.4 Å². The Balaban J connectivity index is 0.00000121. The zero-order valence-electron chi connectivity index (χ0n) is 10.7. The summed E-state index contributed by atoms with van der Waals surface area (Å²) in [5, 5.41) is 2.56. The minimum Gasteiger partial charge on any atom is -0.355 e. The second-order valence-corrected chi connectivity index (χ2v) is 5.99. The highest BCUT2D eigenvalue weighted by Gasteiger charge is 2.04. The quantitative estimate of drug-likeness (QED) is 0.529. The molecule has 2 aromatic carbocycles. The van der Waals surface area contributed by atoms with Gasteiger partial charge in [-0.25, -0.2) is 0 Å². The molecule has 4 aromatic rings. The lowest BCUT2D eigenvalue weighted by Crippen LogP contribution is -2.03. The molecule has 0 fully saturated rings. The molecular formula is C16H14ClN2P. The summed E-state index contributed by atoms with van der Waals surface area (Å²) in [6, 6.07) is 21.3. The van der Waals surface area contributed by atoms with Gasteiger partial charge < -0.3 is 9.97 Å². The van der Waals surface area contributed by atoms with Crippen molar-refractivity contribution in [1.82, 2.24) is 9.97 Å². The van der Waals surface area contributed by atoms with Crippen LogP contribution in [0.3, 0.4) is 0 Å². The number of hydrogen-bond donors (Lipinski definition) is 2. The normalized spacial score (nSPS) is 10.8. The Morgan fingerprint density at radius 3 is 1.55 bits per heavy atom. The van der Waals surface area contributed by atoms with E-state index in [1.807, 2.05) is 0 Å². The van der Waals surface area contributed by atoms with Crippen molar-refractivity contribution in [3.63, 3.8) is 0 Å². The van der Waals surface area contributed by atoms with E-state index in [1.54, 1.807) is 0 Å². The highest BCUT2D eigenvalue weighted by molar-refractivity contribution is 7.55. The van der Waals surface area contributed by atoms with Gasteiger partial charge in [0.05, 0.1) is 0 Å². The van der Waals surface area contributed by atoms with E-state index in [0.717, 1.165) is 0 Å². The first-order valence-electron chi connectivity index (χ1n) is 6.31. The first kappa shape index (κ1) is 13.2. The predicted octanol–water partition coefficient (Wildman–Crippen LogP) is 3.70. The average molecular weight is 301 g/mol. The van der Waals surface area contributed by atoms with Gasteiger partial charge in [-0.05, 0) is 32.8 Å². The fourth-order valence-corrected chi connectivity index (χ4v) is 3.57. The van der Waals surface area contributed by atoms with Crippen molar-refractivity contribution in [3.8, 4) is 0 Å². The van der Waals surface area contributed by atoms with Crippen LogP contribution in [0.2, 0.25) is 0 Å². The topological polar surface area (TPSA) is 31.6 Å². The van der Waals surface area contributed by atoms with Crippen molar-refractivity contribution in [3.05, 3.63) is 60.7 Å². The van der Waals surface area contributed by atoms with E-state index >= 15 is 0 Å². The van der Waals surface area contributed by atoms with Gasteiger partial charge in [0.1, 0.15) is 0 Å². The lowest BCUT2D eigenvalue weighted by molar-refractivity contribution is 1.53. The molecule has 4 rings (SSSR count). The van der Waals surface area contributed by atoms with Gasteiger partial charge >= 0.3 is 0 Å². The van der Waals surface area contributed by atoms with Crippen LogP contribution in [-0.2, 0) is 0 Å². The predicted molar refractivity (Wildman–Crippen MR) is 91.4 cm³/mol. The fraction of sp³-hybridized carbons (Fsp3) is 0. The Kier molecular flexibility index (Phi) is 3.52. The van der Waals surface area contributed by atoms with Gasteiger partial charge in [0, 0.05) is 32.7 Å². The van der Waals surface area contributed by atoms with Crippen LogP contribution in [0.25, 0.3) is 21.8 Å². The molecule has 2 aromatic heterocycles. The minimum absolute atomic E-state index is 0. The molecule has 0 saturated carbocycles. The highest BCUT2D eigenvalue weighted by atomic mass is 35.5. The Bertz CT molecular complexity index is 725. The summed E-state index contributed by atoms with van der Waals surface area (Å²) >= 11 is 0. The van der Waals surface area contributed by atoms with Crippen molar-refractivity contribution < 1.29 is 0 Å². The van der Waals surface area contributed by atoms with E-state index < -0.39 is 0 Å². The van der Waals surface area contributed by atoms with Crippen LogP contribution < -0.4 is 10.9 Å². The number of halogens is 1. The molecule has 0 spiro atoms. The Morgan fingerprint density at radius 1 is 0.650 bits per heavy atom. The second-order valence-electron chi connectivity index (χ2n) is 4.67. The summed E-state index contributed by atoms with van der Waals surface area (Å²) in [6.07, 6.45) is 0. The highest BCUT2D eigenvalue weighted by Crippen LogP contribution is 2.19. The SMILES string of the molecule is Cl.c1ccc2[nH]c(Pc3cc4ccccc4[nH]3)cc2c1. The molecule has 0 saturated heterocycles. The lowest BCUT2D eigenvalue weighted by Gasteiger charge is -1.94. The molecule has 0 amide bonds. The minimum atomic E-state index is 0. The smallest absolute Gasteiger partial charge is 0.0458 e. The van der Waals surface area contributed by atoms with Crippen LogP contribution in [0.1, 0.15) is 0 Å². The van der Waals surface area contributed by atoms with Crippen LogP contribution in [-0.4, -0.2) is 9.97 Å². The van der Waals surface area contributed by atoms with Crippen molar-refractivity contribution >= 4 is 53.7 Å². The van der Waals surface area contributed by atoms with Crippen LogP contribution >= 0.6 is 21.0 Å². The summed E-state index contributed by atoms with van der Waals surface area (Å²) in [4.78, 5) is 6.96. The van der Waals surface area contributed by atoms with Crippen LogP contribution in [0.5, 0.6) is 0 Å². The maximum atomic E-state index is 3.48. The Labute approximate surface area is 124 Å². The Hall–Kier alpha value is -1.76. The number of H-pyrrole nitrogens is 2. The van der Waals surface area contributed by atoms with Gasteiger partial charge in [-0.1, -0.05) is 36.4 Å². The summed E-state index contributed by atoms with van der Waals surface area (Å²) in [6.45, 7) is 0. The van der Waals surface area contributed by atoms with Gasteiger partial charge in [-0.15, -0.1) is 12.4 Å². The van der Waals surface area contributed by atoms with Crippen LogP contribution in [0.4, 0.5) is 0 Å². The van der Waals surface area contributed by atoms with E-state index in [9.17, 15) is 0 Å². The molecule has 0 atom stereocenters. The first-order valence-corrected chi connectivity index (χ1v) is 7.31. The molecule has 2 nitrogen and oxygen atoms in total. The number of aromatic amines is 2. The number of para-hydroxylation sites is 2. The largest absolute Gasteiger partial charge is 0.355 e. The van der Waals surface area contributed by atoms with E-state index in [2.05, 4.69) is 70.6 Å². The van der Waals surface area contributed by atoms with Gasteiger partial charge in [0.25, 0.3) is 0 Å². The number of benzene rings is 2. The standard InChI is InChI=1S/C16H13N2P.ClH/c1-3-7-13-11(5-1)9-15(17-13)19-16-10-12-6-2-4-8-14(12)18-16;/h1-10,17-19H;1H. The van der Waals surface area contributed by atoms with Crippen molar-refractivity contribution in [2.24, 2.45) is 0 Å². The average Bonchev–Trinajstić information content (AvgIpc) is 3.00. The summed E-state index contributed by atoms with van der Waals surface area (Å²) in [5.74, 6) is 0.